The van der Waals surface area contributed by atoms with Gasteiger partial charge in [-0.2, -0.15) is 10.5 Å². The van der Waals surface area contributed by atoms with E-state index in [1.54, 1.807) is 0 Å². The van der Waals surface area contributed by atoms with E-state index in [0.717, 1.165) is 16.7 Å². The fourth-order valence-electron chi connectivity index (χ4n) is 4.40. The van der Waals surface area contributed by atoms with E-state index in [9.17, 15) is 10.5 Å². The van der Waals surface area contributed by atoms with Gasteiger partial charge in [0.15, 0.2) is 5.41 Å². The zero-order valence-electron chi connectivity index (χ0n) is 13.8. The van der Waals surface area contributed by atoms with Gasteiger partial charge < -0.3 is 15.2 Å². The lowest BCUT2D eigenvalue weighted by Gasteiger charge is -2.26. The third-order valence-corrected chi connectivity index (χ3v) is 5.55. The zero-order valence-corrected chi connectivity index (χ0v) is 13.8. The van der Waals surface area contributed by atoms with Crippen molar-refractivity contribution in [3.8, 4) is 12.1 Å². The summed E-state index contributed by atoms with van der Waals surface area (Å²) in [5.41, 5.74) is 6.71. The Labute approximate surface area is 140 Å². The molecule has 6 nitrogen and oxygen atoms in total. The largest absolute Gasteiger partial charge is 0.386 e. The molecule has 0 amide bonds. The molecule has 2 aliphatic heterocycles. The number of nitrogens with zero attached hydrogens (tertiary/aromatic N) is 3. The normalized spacial score (nSPS) is 42.3. The van der Waals surface area contributed by atoms with Gasteiger partial charge in [-0.15, -0.1) is 0 Å². The number of aryl methyl sites for hydroxylation is 2. The number of hydrogen-bond donors (Lipinski definition) is 1. The van der Waals surface area contributed by atoms with Gasteiger partial charge in [0.1, 0.15) is 11.3 Å². The Morgan fingerprint density at radius 1 is 1.29 bits per heavy atom. The van der Waals surface area contributed by atoms with Gasteiger partial charge in [-0.05, 0) is 31.9 Å². The Kier molecular flexibility index (Phi) is 2.75. The first-order valence-electron chi connectivity index (χ1n) is 7.96. The number of fused-ring (bicyclic) bond motifs is 2. The Morgan fingerprint density at radius 2 is 2.04 bits per heavy atom. The van der Waals surface area contributed by atoms with Gasteiger partial charge in [-0.1, -0.05) is 23.8 Å². The SMILES string of the molecule is Cc1ccc(C)c(C2C3(C#N)C(N)=NC4(OCC(C)O4)C23C#N)c1. The maximum absolute atomic E-state index is 10.1. The van der Waals surface area contributed by atoms with Gasteiger partial charge >= 0.3 is 0 Å². The maximum atomic E-state index is 10.1. The first-order chi connectivity index (χ1) is 11.4. The molecule has 1 aromatic rings. The van der Waals surface area contributed by atoms with E-state index in [4.69, 9.17) is 15.2 Å². The lowest BCUT2D eigenvalue weighted by molar-refractivity contribution is -0.193. The van der Waals surface area contributed by atoms with Crippen molar-refractivity contribution in [3.63, 3.8) is 0 Å². The molecule has 1 saturated carbocycles. The smallest absolute Gasteiger partial charge is 0.293 e. The summed E-state index contributed by atoms with van der Waals surface area (Å²) in [7, 11) is 0. The predicted molar refractivity (Wildman–Crippen MR) is 85.6 cm³/mol. The number of amidine groups is 1. The number of nitriles is 2. The number of benzene rings is 1. The second-order valence-corrected chi connectivity index (χ2v) is 6.95. The average Bonchev–Trinajstić information content (AvgIpc) is 2.93. The van der Waals surface area contributed by atoms with Crippen LogP contribution < -0.4 is 5.73 Å². The van der Waals surface area contributed by atoms with Gasteiger partial charge in [0, 0.05) is 5.92 Å². The molecule has 24 heavy (non-hydrogen) atoms. The summed E-state index contributed by atoms with van der Waals surface area (Å²) in [6.07, 6.45) is -0.207. The van der Waals surface area contributed by atoms with E-state index in [2.05, 4.69) is 17.1 Å². The first kappa shape index (κ1) is 15.1. The van der Waals surface area contributed by atoms with Crippen molar-refractivity contribution in [1.29, 1.82) is 10.5 Å². The monoisotopic (exact) mass is 322 g/mol. The molecule has 0 aromatic heterocycles. The molecule has 0 radical (unpaired) electrons. The molecule has 2 fully saturated rings. The molecule has 1 aliphatic carbocycles. The fourth-order valence-corrected chi connectivity index (χ4v) is 4.40. The molecule has 1 spiro atoms. The van der Waals surface area contributed by atoms with Gasteiger partial charge in [-0.3, -0.25) is 0 Å². The highest BCUT2D eigenvalue weighted by molar-refractivity contribution is 6.00. The van der Waals surface area contributed by atoms with Crippen molar-refractivity contribution in [2.24, 2.45) is 21.6 Å². The lowest BCUT2D eigenvalue weighted by Crippen LogP contribution is -2.39. The van der Waals surface area contributed by atoms with Gasteiger partial charge in [0.2, 0.25) is 0 Å². The Morgan fingerprint density at radius 3 is 2.62 bits per heavy atom. The van der Waals surface area contributed by atoms with Gasteiger partial charge in [0.25, 0.3) is 5.91 Å². The standard InChI is InChI=1S/C18H18N4O2/c1-10-4-5-11(2)13(6-10)14-16(8-19)15(21)22-18(17(14,16)9-20)23-7-12(3)24-18/h4-6,12,14H,7H2,1-3H3,(H2,21,22). The Balaban J connectivity index is 1.96. The van der Waals surface area contributed by atoms with Crippen LogP contribution >= 0.6 is 0 Å². The highest BCUT2D eigenvalue weighted by Gasteiger charge is 2.94. The summed E-state index contributed by atoms with van der Waals surface area (Å²) < 4.78 is 11.7. The summed E-state index contributed by atoms with van der Waals surface area (Å²) in [4.78, 5) is 4.32. The molecule has 5 unspecified atom stereocenters. The van der Waals surface area contributed by atoms with Crippen LogP contribution in [0.25, 0.3) is 0 Å². The number of hydrogen-bond acceptors (Lipinski definition) is 6. The molecule has 122 valence electrons. The van der Waals surface area contributed by atoms with Crippen molar-refractivity contribution in [1.82, 2.24) is 0 Å². The minimum absolute atomic E-state index is 0.131. The van der Waals surface area contributed by atoms with Crippen molar-refractivity contribution in [2.75, 3.05) is 6.61 Å². The van der Waals surface area contributed by atoms with E-state index in [1.165, 1.54) is 0 Å². The molecule has 4 rings (SSSR count). The molecular formula is C18H18N4O2. The van der Waals surface area contributed by atoms with Crippen LogP contribution in [-0.4, -0.2) is 24.5 Å². The molecular weight excluding hydrogens is 304 g/mol. The third kappa shape index (κ3) is 1.36. The summed E-state index contributed by atoms with van der Waals surface area (Å²) in [6.45, 7) is 6.13. The number of rotatable bonds is 1. The van der Waals surface area contributed by atoms with E-state index in [-0.39, 0.29) is 11.9 Å². The summed E-state index contributed by atoms with van der Waals surface area (Å²) >= 11 is 0. The van der Waals surface area contributed by atoms with Crippen LogP contribution in [0.4, 0.5) is 0 Å². The molecule has 3 aliphatic rings. The quantitative estimate of drug-likeness (QED) is 0.850. The maximum Gasteiger partial charge on any atom is 0.293 e. The van der Waals surface area contributed by atoms with Crippen molar-refractivity contribution in [2.45, 2.75) is 38.7 Å². The predicted octanol–water partition coefficient (Wildman–Crippen LogP) is 1.88. The highest BCUT2D eigenvalue weighted by atomic mass is 16.8. The molecule has 6 heteroatoms. The summed E-state index contributed by atoms with van der Waals surface area (Å²) in [5.74, 6) is -1.77. The third-order valence-electron chi connectivity index (χ3n) is 5.55. The Bertz CT molecular complexity index is 867. The van der Waals surface area contributed by atoms with Crippen molar-refractivity contribution < 1.29 is 9.47 Å². The minimum Gasteiger partial charge on any atom is -0.386 e. The molecule has 2 N–H and O–H groups in total. The molecule has 1 aromatic carbocycles. The van der Waals surface area contributed by atoms with Crippen LogP contribution in [0, 0.1) is 47.3 Å². The lowest BCUT2D eigenvalue weighted by atomic mass is 9.93. The van der Waals surface area contributed by atoms with Crippen LogP contribution in [0.2, 0.25) is 0 Å². The fraction of sp³-hybridized carbons (Fsp3) is 0.500. The number of nitrogens with two attached hydrogens (primary N) is 1. The summed E-state index contributed by atoms with van der Waals surface area (Å²) in [6, 6.07) is 10.6. The van der Waals surface area contributed by atoms with Gasteiger partial charge in [-0.25, -0.2) is 4.99 Å². The number of ether oxygens (including phenoxy) is 2. The van der Waals surface area contributed by atoms with Crippen LogP contribution in [0.15, 0.2) is 23.2 Å². The van der Waals surface area contributed by atoms with Gasteiger partial charge in [0.05, 0.1) is 24.8 Å². The average molecular weight is 322 g/mol. The molecule has 1 saturated heterocycles. The molecule has 2 heterocycles. The highest BCUT2D eigenvalue weighted by Crippen LogP contribution is 2.82. The van der Waals surface area contributed by atoms with Crippen LogP contribution in [0.1, 0.15) is 29.5 Å². The van der Waals surface area contributed by atoms with E-state index in [1.807, 2.05) is 39.0 Å². The van der Waals surface area contributed by atoms with Crippen LogP contribution in [0.5, 0.6) is 0 Å². The van der Waals surface area contributed by atoms with Crippen LogP contribution in [-0.2, 0) is 9.47 Å². The second kappa shape index (κ2) is 4.36. The van der Waals surface area contributed by atoms with Crippen LogP contribution in [0.3, 0.4) is 0 Å². The second-order valence-electron chi connectivity index (χ2n) is 6.95. The topological polar surface area (TPSA) is 104 Å². The summed E-state index contributed by atoms with van der Waals surface area (Å²) in [5, 5.41) is 20.1. The molecule has 0 bridgehead atoms. The van der Waals surface area contributed by atoms with E-state index < -0.39 is 22.7 Å². The Hall–Kier alpha value is -2.41. The first-order valence-corrected chi connectivity index (χ1v) is 7.96. The molecule has 5 atom stereocenters. The van der Waals surface area contributed by atoms with E-state index in [0.29, 0.717) is 6.61 Å². The zero-order chi connectivity index (χ0) is 17.3. The minimum atomic E-state index is -1.48. The van der Waals surface area contributed by atoms with E-state index >= 15 is 0 Å². The number of aliphatic imine (C=N–C) groups is 1. The van der Waals surface area contributed by atoms with Crippen molar-refractivity contribution in [3.05, 3.63) is 34.9 Å². The van der Waals surface area contributed by atoms with Crippen molar-refractivity contribution >= 4 is 5.84 Å².